The topological polar surface area (TPSA) is 80.0 Å². The molecule has 0 aliphatic carbocycles. The highest BCUT2D eigenvalue weighted by atomic mass is 79.9. The normalized spacial score (nSPS) is 15.4. The summed E-state index contributed by atoms with van der Waals surface area (Å²) in [4.78, 5) is 0. The molecule has 8 heteroatoms. The van der Waals surface area contributed by atoms with Crippen molar-refractivity contribution in [3.63, 3.8) is 0 Å². The van der Waals surface area contributed by atoms with E-state index in [1.807, 2.05) is 0 Å². The number of rotatable bonds is 6. The smallest absolute Gasteiger partial charge is 0.351 e. The molecule has 112 valence electrons. The number of hydrogen-bond donors (Lipinski definition) is 1. The summed E-state index contributed by atoms with van der Waals surface area (Å²) >= 11 is 3.40. The molecule has 1 aromatic carbocycles. The lowest BCUT2D eigenvalue weighted by Crippen LogP contribution is -2.15. The number of nitrogens with two attached hydrogens (primary N) is 1. The second kappa shape index (κ2) is 6.45. The minimum Gasteiger partial charge on any atom is -0.454 e. The highest BCUT2D eigenvalue weighted by Crippen LogP contribution is 2.59. The third-order valence-electron chi connectivity index (χ3n) is 2.77. The summed E-state index contributed by atoms with van der Waals surface area (Å²) in [5, 5.41) is 0. The molecule has 1 aliphatic rings. The second-order valence-electron chi connectivity index (χ2n) is 4.05. The molecular weight excluding hydrogens is 349 g/mol. The summed E-state index contributed by atoms with van der Waals surface area (Å²) in [6, 6.07) is 3.43. The monoisotopic (exact) mass is 365 g/mol. The number of benzene rings is 1. The molecule has 6 nitrogen and oxygen atoms in total. The van der Waals surface area contributed by atoms with Gasteiger partial charge in [-0.25, -0.2) is 0 Å². The van der Waals surface area contributed by atoms with Crippen molar-refractivity contribution in [3.8, 4) is 11.5 Å². The number of fused-ring (bicyclic) bond motifs is 1. The van der Waals surface area contributed by atoms with E-state index in [2.05, 4.69) is 15.9 Å². The predicted octanol–water partition coefficient (Wildman–Crippen LogP) is 3.40. The zero-order chi connectivity index (χ0) is 14.8. The highest BCUT2D eigenvalue weighted by molar-refractivity contribution is 9.10. The zero-order valence-corrected chi connectivity index (χ0v) is 13.8. The first-order valence-electron chi connectivity index (χ1n) is 6.25. The van der Waals surface area contributed by atoms with Crippen molar-refractivity contribution in [1.82, 2.24) is 0 Å². The van der Waals surface area contributed by atoms with Crippen LogP contribution in [-0.2, 0) is 13.6 Å². The fraction of sp³-hybridized carbons (Fsp3) is 0.500. The van der Waals surface area contributed by atoms with Gasteiger partial charge >= 0.3 is 7.60 Å². The molecule has 1 aliphatic heterocycles. The van der Waals surface area contributed by atoms with E-state index >= 15 is 0 Å². The lowest BCUT2D eigenvalue weighted by molar-refractivity contribution is 0.174. The van der Waals surface area contributed by atoms with Crippen molar-refractivity contribution in [2.24, 2.45) is 5.73 Å². The molecule has 20 heavy (non-hydrogen) atoms. The van der Waals surface area contributed by atoms with Gasteiger partial charge in [-0.3, -0.25) is 4.57 Å². The van der Waals surface area contributed by atoms with Gasteiger partial charge in [0.1, 0.15) is 5.78 Å². The van der Waals surface area contributed by atoms with Crippen molar-refractivity contribution >= 4 is 23.5 Å². The second-order valence-corrected chi connectivity index (χ2v) is 7.05. The van der Waals surface area contributed by atoms with Crippen LogP contribution in [0.25, 0.3) is 0 Å². The number of hydrogen-bond acceptors (Lipinski definition) is 6. The molecule has 0 aromatic heterocycles. The lowest BCUT2D eigenvalue weighted by atomic mass is 10.2. The Morgan fingerprint density at radius 2 is 1.85 bits per heavy atom. The Bertz CT molecular complexity index is 529. The fourth-order valence-corrected chi connectivity index (χ4v) is 4.30. The van der Waals surface area contributed by atoms with Crippen molar-refractivity contribution in [2.45, 2.75) is 19.6 Å². The average Bonchev–Trinajstić information content (AvgIpc) is 2.84. The molecule has 0 bridgehead atoms. The molecular formula is C12H17BrNO5P. The first-order valence-corrected chi connectivity index (χ1v) is 8.65. The molecule has 1 aromatic rings. The zero-order valence-electron chi connectivity index (χ0n) is 11.3. The van der Waals surface area contributed by atoms with Gasteiger partial charge in [-0.1, -0.05) is 15.9 Å². The molecule has 0 saturated heterocycles. The van der Waals surface area contributed by atoms with Crippen LogP contribution < -0.4 is 15.2 Å². The number of halogens is 1. The number of ether oxygens (including phenoxy) is 2. The van der Waals surface area contributed by atoms with Gasteiger partial charge in [-0.15, -0.1) is 0 Å². The predicted molar refractivity (Wildman–Crippen MR) is 78.1 cm³/mol. The van der Waals surface area contributed by atoms with E-state index in [4.69, 9.17) is 24.3 Å². The van der Waals surface area contributed by atoms with E-state index in [-0.39, 0.29) is 20.0 Å². The molecule has 2 rings (SSSR count). The fourth-order valence-electron chi connectivity index (χ4n) is 1.89. The van der Waals surface area contributed by atoms with Crippen LogP contribution in [0.3, 0.4) is 0 Å². The van der Waals surface area contributed by atoms with Gasteiger partial charge in [0.15, 0.2) is 11.5 Å². The van der Waals surface area contributed by atoms with Crippen molar-refractivity contribution in [2.75, 3.05) is 20.0 Å². The van der Waals surface area contributed by atoms with E-state index in [0.717, 1.165) is 0 Å². The molecule has 1 heterocycles. The van der Waals surface area contributed by atoms with E-state index in [0.29, 0.717) is 21.5 Å². The minimum atomic E-state index is -3.43. The van der Waals surface area contributed by atoms with Crippen molar-refractivity contribution < 1.29 is 23.1 Å². The van der Waals surface area contributed by atoms with E-state index in [1.165, 1.54) is 0 Å². The van der Waals surface area contributed by atoms with Gasteiger partial charge in [-0.2, -0.15) is 0 Å². The minimum absolute atomic E-state index is 0.162. The third kappa shape index (κ3) is 3.02. The van der Waals surface area contributed by atoms with E-state index in [1.54, 1.807) is 26.0 Å². The molecule has 0 spiro atoms. The van der Waals surface area contributed by atoms with Crippen molar-refractivity contribution in [1.29, 1.82) is 0 Å². The summed E-state index contributed by atoms with van der Waals surface area (Å²) in [5.41, 5.74) is 6.70. The SMILES string of the molecule is CCOP(=O)(OCC)[C@H](N)c1cc2c(cc1Br)OCO2. The van der Waals surface area contributed by atoms with Gasteiger partial charge in [0.25, 0.3) is 0 Å². The molecule has 0 unspecified atom stereocenters. The lowest BCUT2D eigenvalue weighted by Gasteiger charge is -2.24. The average molecular weight is 366 g/mol. The van der Waals surface area contributed by atoms with Crippen LogP contribution in [-0.4, -0.2) is 20.0 Å². The summed E-state index contributed by atoms with van der Waals surface area (Å²) < 4.78 is 34.5. The van der Waals surface area contributed by atoms with Crippen LogP contribution in [0.5, 0.6) is 11.5 Å². The molecule has 2 N–H and O–H groups in total. The van der Waals surface area contributed by atoms with Crippen LogP contribution in [0.4, 0.5) is 0 Å². The Hall–Kier alpha value is -0.590. The maximum Gasteiger partial charge on any atom is 0.351 e. The summed E-state index contributed by atoms with van der Waals surface area (Å²) in [5.74, 6) is 0.292. The van der Waals surface area contributed by atoms with Crippen LogP contribution in [0.2, 0.25) is 0 Å². The Morgan fingerprint density at radius 1 is 1.30 bits per heavy atom. The molecule has 0 fully saturated rings. The standard InChI is InChI=1S/C12H17BrNO5P/c1-3-18-20(15,19-4-2)12(14)8-5-10-11(6-9(8)13)17-7-16-10/h5-6,12H,3-4,7,14H2,1-2H3/t12-/m0/s1. The van der Waals surface area contributed by atoms with Gasteiger partial charge in [0.2, 0.25) is 6.79 Å². The summed E-state index contributed by atoms with van der Waals surface area (Å²) in [6.45, 7) is 4.16. The van der Waals surface area contributed by atoms with Gasteiger partial charge in [0, 0.05) is 4.47 Å². The Balaban J connectivity index is 2.36. The van der Waals surface area contributed by atoms with E-state index < -0.39 is 13.4 Å². The Labute approximate surface area is 126 Å². The van der Waals surface area contributed by atoms with Gasteiger partial charge < -0.3 is 24.3 Å². The quantitative estimate of drug-likeness (QED) is 0.778. The van der Waals surface area contributed by atoms with Crippen molar-refractivity contribution in [3.05, 3.63) is 22.2 Å². The molecule has 1 atom stereocenters. The van der Waals surface area contributed by atoms with E-state index in [9.17, 15) is 4.57 Å². The summed E-state index contributed by atoms with van der Waals surface area (Å²) in [6.07, 6.45) is 0. The molecule has 0 radical (unpaired) electrons. The Kier molecular flexibility index (Phi) is 5.09. The third-order valence-corrected chi connectivity index (χ3v) is 5.65. The van der Waals surface area contributed by atoms with Gasteiger partial charge in [-0.05, 0) is 31.5 Å². The first-order chi connectivity index (χ1) is 9.51. The van der Waals surface area contributed by atoms with Crippen LogP contribution in [0.1, 0.15) is 25.2 Å². The highest BCUT2D eigenvalue weighted by Gasteiger charge is 2.36. The molecule has 0 saturated carbocycles. The maximum atomic E-state index is 12.7. The largest absolute Gasteiger partial charge is 0.454 e. The van der Waals surface area contributed by atoms with Crippen LogP contribution in [0, 0.1) is 0 Å². The first kappa shape index (κ1) is 15.8. The maximum absolute atomic E-state index is 12.7. The Morgan fingerprint density at radius 3 is 2.40 bits per heavy atom. The van der Waals surface area contributed by atoms with Crippen LogP contribution >= 0.6 is 23.5 Å². The van der Waals surface area contributed by atoms with Gasteiger partial charge in [0.05, 0.1) is 13.2 Å². The molecule has 0 amide bonds. The van der Waals surface area contributed by atoms with Crippen LogP contribution in [0.15, 0.2) is 16.6 Å². The summed E-state index contributed by atoms with van der Waals surface area (Å²) in [7, 11) is -3.43.